The Morgan fingerprint density at radius 1 is 0.366 bits per heavy atom. The molecule has 8 bridgehead atoms. The lowest BCUT2D eigenvalue weighted by Gasteiger charge is -2.45. The predicted molar refractivity (Wildman–Crippen MR) is 284 cm³/mol. The van der Waals surface area contributed by atoms with Gasteiger partial charge < -0.3 is 0 Å². The molecule has 0 amide bonds. The van der Waals surface area contributed by atoms with E-state index in [1.165, 1.54) is 88.7 Å². The molecule has 0 aliphatic heterocycles. The molecule has 12 aliphatic carbocycles. The molecule has 0 saturated heterocycles. The molecule has 8 aromatic rings. The monoisotopic (exact) mass is 905 g/mol. The second-order valence-corrected chi connectivity index (χ2v) is 22.5. The lowest BCUT2D eigenvalue weighted by atomic mass is 9.57. The zero-order chi connectivity index (χ0) is 45.8. The summed E-state index contributed by atoms with van der Waals surface area (Å²) in [5.41, 5.74) is 24.1. The number of aromatic nitrogens is 3. The van der Waals surface area contributed by atoms with Crippen molar-refractivity contribution in [2.75, 3.05) is 0 Å². The zero-order valence-electron chi connectivity index (χ0n) is 39.0. The van der Waals surface area contributed by atoms with E-state index in [-0.39, 0.29) is 17.3 Å². The molecule has 71 heavy (non-hydrogen) atoms. The number of fused-ring (bicyclic) bond motifs is 5. The molecular weight excluding hydrogens is 859 g/mol. The summed E-state index contributed by atoms with van der Waals surface area (Å²) in [6.07, 6.45) is 31.1. The number of hydrogen-bond acceptors (Lipinski definition) is 3. The minimum Gasteiger partial charge on any atom is -0.256 e. The van der Waals surface area contributed by atoms with E-state index in [1.54, 1.807) is 5.56 Å². The molecule has 3 saturated carbocycles. The van der Waals surface area contributed by atoms with Crippen LogP contribution in [-0.2, 0) is 0 Å². The maximum absolute atomic E-state index is 5.12. The Morgan fingerprint density at radius 2 is 1.04 bits per heavy atom. The summed E-state index contributed by atoms with van der Waals surface area (Å²) >= 11 is 0. The van der Waals surface area contributed by atoms with Crippen LogP contribution in [0.15, 0.2) is 213 Å². The Morgan fingerprint density at radius 3 is 1.83 bits per heavy atom. The summed E-state index contributed by atoms with van der Waals surface area (Å²) in [5, 5.41) is 2.56. The highest BCUT2D eigenvalue weighted by Crippen LogP contribution is 2.78. The van der Waals surface area contributed by atoms with E-state index in [0.29, 0.717) is 47.3 Å². The summed E-state index contributed by atoms with van der Waals surface area (Å²) in [7, 11) is 0. The van der Waals surface area contributed by atoms with Crippen LogP contribution in [0.3, 0.4) is 0 Å². The Labute approximate surface area is 413 Å². The van der Waals surface area contributed by atoms with Gasteiger partial charge in [-0.1, -0.05) is 140 Å². The van der Waals surface area contributed by atoms with Gasteiger partial charge >= 0.3 is 0 Å². The molecule has 3 heteroatoms. The second-order valence-electron chi connectivity index (χ2n) is 22.5. The van der Waals surface area contributed by atoms with Gasteiger partial charge in [0.2, 0.25) is 0 Å². The van der Waals surface area contributed by atoms with E-state index >= 15 is 0 Å². The van der Waals surface area contributed by atoms with Crippen molar-refractivity contribution >= 4 is 21.9 Å². The average molecular weight is 906 g/mol. The highest BCUT2D eigenvalue weighted by Gasteiger charge is 2.69. The van der Waals surface area contributed by atoms with Crippen molar-refractivity contribution in [2.24, 2.45) is 40.9 Å². The minimum absolute atomic E-state index is 0.201. The van der Waals surface area contributed by atoms with Crippen molar-refractivity contribution < 1.29 is 0 Å². The van der Waals surface area contributed by atoms with Gasteiger partial charge in [0.1, 0.15) is 0 Å². The first-order valence-corrected chi connectivity index (χ1v) is 26.1. The first-order valence-electron chi connectivity index (χ1n) is 26.1. The Bertz CT molecular complexity index is 3940. The normalized spacial score (nSPS) is 31.9. The lowest BCUT2D eigenvalue weighted by molar-refractivity contribution is 0.322. The maximum Gasteiger partial charge on any atom is 0.0780 e. The standard InChI is InChI=1S/C68H47N3/c1-2-26-69-59(9-1)41-12-15-46-53(32-41)39-10-18-50-61(46)63(50)55(30-39)38-6-3-5-36(29-38)37-22-27-70-60(35-37)42-13-16-47-54(33-42)40-11-19-51-62(47)64(51)57(31-40)44-7-4-8-49-45(44)23-28-71-67(49)43-14-17-48-56(34-43)58-21-25-68(58)24-20-52-65(48)66(52)68/h1-35,39-40,50-52,58,61-66H. The molecule has 13 unspecified atom stereocenters. The quantitative estimate of drug-likeness (QED) is 0.156. The molecule has 12 aliphatic rings. The number of pyridine rings is 3. The van der Waals surface area contributed by atoms with Crippen LogP contribution in [0.4, 0.5) is 0 Å². The third-order valence-electron chi connectivity index (χ3n) is 19.4. The fraction of sp³-hybridized carbons (Fsp3) is 0.191. The van der Waals surface area contributed by atoms with Crippen molar-refractivity contribution in [3.8, 4) is 44.9 Å². The molecule has 3 fully saturated rings. The fourth-order valence-electron chi connectivity index (χ4n) is 16.0. The number of rotatable bonds is 6. The van der Waals surface area contributed by atoms with Gasteiger partial charge in [-0.15, -0.1) is 0 Å². The molecule has 0 N–H and O–H groups in total. The molecule has 334 valence electrons. The Kier molecular flexibility index (Phi) is 7.16. The van der Waals surface area contributed by atoms with Crippen molar-refractivity contribution in [3.05, 3.63) is 257 Å². The van der Waals surface area contributed by atoms with Crippen LogP contribution >= 0.6 is 0 Å². The molecule has 3 heterocycles. The molecule has 1 spiro atoms. The summed E-state index contributed by atoms with van der Waals surface area (Å²) in [6.45, 7) is 0. The number of nitrogens with zero attached hydrogens (tertiary/aromatic N) is 3. The van der Waals surface area contributed by atoms with Crippen LogP contribution < -0.4 is 0 Å². The molecule has 0 radical (unpaired) electrons. The highest BCUT2D eigenvalue weighted by molar-refractivity contribution is 6.02. The predicted octanol–water partition coefficient (Wildman–Crippen LogP) is 15.4. The van der Waals surface area contributed by atoms with Crippen molar-refractivity contribution in [1.82, 2.24) is 15.0 Å². The minimum atomic E-state index is 0.201. The van der Waals surface area contributed by atoms with Gasteiger partial charge in [0.15, 0.2) is 0 Å². The van der Waals surface area contributed by atoms with Gasteiger partial charge in [-0.3, -0.25) is 15.0 Å². The van der Waals surface area contributed by atoms with E-state index in [4.69, 9.17) is 9.97 Å². The molecular formula is C68H47N3. The lowest BCUT2D eigenvalue weighted by Crippen LogP contribution is -2.35. The van der Waals surface area contributed by atoms with E-state index in [9.17, 15) is 0 Å². The molecule has 3 aromatic heterocycles. The SMILES string of the molecule is C1=CC2C3C(c4cccc(-c5ccnc(-c6ccc7c(c6)C6C=CC8C(C(c9cccc%10c(-c%11ccc%12c(c%11)C%11C=CC%11%13C=CC%11C%12C%11%13)nccc9%10)=C6)C78)c5)c4)=CC1c1cc(-c4ccccn4)ccc1C23. The van der Waals surface area contributed by atoms with Gasteiger partial charge in [0.05, 0.1) is 17.1 Å². The fourth-order valence-corrected chi connectivity index (χ4v) is 16.0. The first kappa shape index (κ1) is 38.1. The van der Waals surface area contributed by atoms with Gasteiger partial charge in [-0.25, -0.2) is 0 Å². The van der Waals surface area contributed by atoms with Crippen molar-refractivity contribution in [2.45, 2.75) is 35.5 Å². The van der Waals surface area contributed by atoms with Gasteiger partial charge in [-0.2, -0.15) is 0 Å². The largest absolute Gasteiger partial charge is 0.256 e. The van der Waals surface area contributed by atoms with Gasteiger partial charge in [0.25, 0.3) is 0 Å². The van der Waals surface area contributed by atoms with E-state index < -0.39 is 0 Å². The number of hydrogen-bond donors (Lipinski definition) is 0. The van der Waals surface area contributed by atoms with E-state index in [2.05, 4.69) is 199 Å². The van der Waals surface area contributed by atoms with E-state index in [1.807, 2.05) is 18.5 Å². The molecule has 13 atom stereocenters. The van der Waals surface area contributed by atoms with Crippen LogP contribution in [0.25, 0.3) is 66.8 Å². The third kappa shape index (κ3) is 5.06. The van der Waals surface area contributed by atoms with Crippen molar-refractivity contribution in [1.29, 1.82) is 0 Å². The van der Waals surface area contributed by atoms with E-state index in [0.717, 1.165) is 28.9 Å². The van der Waals surface area contributed by atoms with Crippen LogP contribution in [-0.4, -0.2) is 15.0 Å². The second kappa shape index (κ2) is 13.4. The molecule has 3 nitrogen and oxygen atoms in total. The van der Waals surface area contributed by atoms with Crippen LogP contribution in [0.5, 0.6) is 0 Å². The average Bonchev–Trinajstić information content (AvgIpc) is 4.34. The number of benzene rings is 5. The Hall–Kier alpha value is -7.75. The summed E-state index contributed by atoms with van der Waals surface area (Å²) in [6, 6.07) is 50.8. The molecule has 20 rings (SSSR count). The first-order chi connectivity index (χ1) is 35.1. The maximum atomic E-state index is 5.12. The van der Waals surface area contributed by atoms with Gasteiger partial charge in [-0.05, 0) is 180 Å². The summed E-state index contributed by atoms with van der Waals surface area (Å²) in [4.78, 5) is 14.8. The highest BCUT2D eigenvalue weighted by atomic mass is 14.7. The zero-order valence-corrected chi connectivity index (χ0v) is 39.0. The van der Waals surface area contributed by atoms with Gasteiger partial charge in [0, 0.05) is 63.8 Å². The van der Waals surface area contributed by atoms with Crippen molar-refractivity contribution in [3.63, 3.8) is 0 Å². The van der Waals surface area contributed by atoms with Crippen LogP contribution in [0.1, 0.15) is 80.0 Å². The van der Waals surface area contributed by atoms with Crippen LogP contribution in [0, 0.1) is 40.9 Å². The summed E-state index contributed by atoms with van der Waals surface area (Å²) < 4.78 is 0. The summed E-state index contributed by atoms with van der Waals surface area (Å²) in [5.74, 6) is 6.22. The molecule has 5 aromatic carbocycles. The Balaban J connectivity index is 0.663. The van der Waals surface area contributed by atoms with Crippen LogP contribution in [0.2, 0.25) is 0 Å². The topological polar surface area (TPSA) is 38.7 Å². The smallest absolute Gasteiger partial charge is 0.0780 e. The number of allylic oxidation sites excluding steroid dienone is 12. The third-order valence-corrected chi connectivity index (χ3v) is 19.4.